The van der Waals surface area contributed by atoms with Crippen LogP contribution in [-0.4, -0.2) is 11.8 Å². The van der Waals surface area contributed by atoms with Crippen LogP contribution in [-0.2, 0) is 4.79 Å². The fraction of sp³-hybridized carbons (Fsp3) is 0.222. The van der Waals surface area contributed by atoms with Gasteiger partial charge in [-0.2, -0.15) is 0 Å². The summed E-state index contributed by atoms with van der Waals surface area (Å²) in [4.78, 5) is 24.0. The average molecular weight is 457 g/mol. The second kappa shape index (κ2) is 8.48. The number of benzene rings is 2. The molecule has 0 spiro atoms. The average Bonchev–Trinajstić information content (AvgIpc) is 2.48. The van der Waals surface area contributed by atoms with E-state index in [0.29, 0.717) is 34.3 Å². The van der Waals surface area contributed by atoms with E-state index in [0.717, 1.165) is 3.57 Å². The van der Waals surface area contributed by atoms with Crippen molar-refractivity contribution >= 4 is 57.4 Å². The van der Waals surface area contributed by atoms with Crippen molar-refractivity contribution in [3.8, 4) is 0 Å². The predicted molar refractivity (Wildman–Crippen MR) is 107 cm³/mol. The van der Waals surface area contributed by atoms with Gasteiger partial charge in [0.2, 0.25) is 5.91 Å². The molecule has 0 aliphatic carbocycles. The molecule has 0 unspecified atom stereocenters. The highest BCUT2D eigenvalue weighted by Crippen LogP contribution is 2.20. The Bertz CT molecular complexity index is 745. The molecule has 0 aromatic heterocycles. The van der Waals surface area contributed by atoms with Crippen LogP contribution in [0.25, 0.3) is 0 Å². The summed E-state index contributed by atoms with van der Waals surface area (Å²) in [7, 11) is 0. The first kappa shape index (κ1) is 18.7. The zero-order chi connectivity index (χ0) is 17.7. The molecule has 2 N–H and O–H groups in total. The van der Waals surface area contributed by atoms with Gasteiger partial charge in [0, 0.05) is 26.4 Å². The van der Waals surface area contributed by atoms with E-state index in [2.05, 4.69) is 33.2 Å². The molecule has 2 aromatic rings. The van der Waals surface area contributed by atoms with Gasteiger partial charge in [0.25, 0.3) is 5.91 Å². The van der Waals surface area contributed by atoms with Crippen LogP contribution in [0.15, 0.2) is 42.5 Å². The lowest BCUT2D eigenvalue weighted by Crippen LogP contribution is -2.15. The minimum Gasteiger partial charge on any atom is -0.326 e. The Morgan fingerprint density at radius 3 is 2.17 bits per heavy atom. The lowest BCUT2D eigenvalue weighted by Gasteiger charge is -2.10. The summed E-state index contributed by atoms with van der Waals surface area (Å²) >= 11 is 7.98. The molecule has 0 bridgehead atoms. The maximum atomic E-state index is 12.3. The Balaban J connectivity index is 2.01. The number of halogens is 2. The second-order valence-corrected chi connectivity index (χ2v) is 7.40. The quantitative estimate of drug-likeness (QED) is 0.609. The van der Waals surface area contributed by atoms with E-state index in [4.69, 9.17) is 11.6 Å². The molecule has 0 aliphatic heterocycles. The third-order valence-corrected chi connectivity index (χ3v) is 4.32. The number of nitrogens with one attached hydrogen (secondary N) is 2. The van der Waals surface area contributed by atoms with Gasteiger partial charge in [0.15, 0.2) is 0 Å². The summed E-state index contributed by atoms with van der Waals surface area (Å²) in [5, 5.41) is 6.26. The third-order valence-electron chi connectivity index (χ3n) is 3.20. The molecule has 4 nitrogen and oxygen atoms in total. The van der Waals surface area contributed by atoms with E-state index in [-0.39, 0.29) is 11.8 Å². The van der Waals surface area contributed by atoms with Crippen molar-refractivity contribution in [3.05, 3.63) is 56.6 Å². The molecular formula is C18H18ClIN2O2. The van der Waals surface area contributed by atoms with Crippen molar-refractivity contribution in [2.24, 2.45) is 5.92 Å². The number of anilines is 2. The first-order valence-electron chi connectivity index (χ1n) is 7.51. The molecule has 2 rings (SSSR count). The second-order valence-electron chi connectivity index (χ2n) is 5.80. The Kier molecular flexibility index (Phi) is 6.62. The van der Waals surface area contributed by atoms with Crippen molar-refractivity contribution in [1.29, 1.82) is 0 Å². The maximum Gasteiger partial charge on any atom is 0.256 e. The summed E-state index contributed by atoms with van der Waals surface area (Å²) in [6.45, 7) is 3.99. The van der Waals surface area contributed by atoms with Gasteiger partial charge in [0.1, 0.15) is 0 Å². The highest BCUT2D eigenvalue weighted by Gasteiger charge is 2.11. The van der Waals surface area contributed by atoms with Crippen LogP contribution in [0.1, 0.15) is 30.6 Å². The molecule has 0 saturated heterocycles. The molecular weight excluding hydrogens is 439 g/mol. The van der Waals surface area contributed by atoms with Gasteiger partial charge in [-0.15, -0.1) is 0 Å². The zero-order valence-electron chi connectivity index (χ0n) is 13.4. The summed E-state index contributed by atoms with van der Waals surface area (Å²) in [5.41, 5.74) is 1.93. The fourth-order valence-electron chi connectivity index (χ4n) is 2.09. The standard InChI is InChI=1S/C18H18ClIN2O2/c1-11(2)9-17(23)21-13-4-6-14(7-5-13)22-18(24)15-8-3-12(19)10-16(15)20/h3-8,10-11H,9H2,1-2H3,(H,21,23)(H,22,24). The van der Waals surface area contributed by atoms with Crippen molar-refractivity contribution in [3.63, 3.8) is 0 Å². The molecule has 0 heterocycles. The highest BCUT2D eigenvalue weighted by molar-refractivity contribution is 14.1. The van der Waals surface area contributed by atoms with Gasteiger partial charge in [-0.3, -0.25) is 9.59 Å². The van der Waals surface area contributed by atoms with Crippen LogP contribution in [0.5, 0.6) is 0 Å². The molecule has 24 heavy (non-hydrogen) atoms. The molecule has 126 valence electrons. The first-order valence-corrected chi connectivity index (χ1v) is 8.97. The van der Waals surface area contributed by atoms with Crippen LogP contribution in [0, 0.1) is 9.49 Å². The third kappa shape index (κ3) is 5.49. The maximum absolute atomic E-state index is 12.3. The molecule has 6 heteroatoms. The molecule has 0 radical (unpaired) electrons. The van der Waals surface area contributed by atoms with Gasteiger partial charge in [-0.25, -0.2) is 0 Å². The van der Waals surface area contributed by atoms with E-state index >= 15 is 0 Å². The number of amides is 2. The van der Waals surface area contributed by atoms with Crippen molar-refractivity contribution in [2.75, 3.05) is 10.6 Å². The normalized spacial score (nSPS) is 10.5. The molecule has 2 aromatic carbocycles. The number of rotatable bonds is 5. The van der Waals surface area contributed by atoms with E-state index < -0.39 is 0 Å². The van der Waals surface area contributed by atoms with Crippen molar-refractivity contribution in [2.45, 2.75) is 20.3 Å². The Labute approximate surface area is 160 Å². The lowest BCUT2D eigenvalue weighted by molar-refractivity contribution is -0.116. The monoisotopic (exact) mass is 456 g/mol. The van der Waals surface area contributed by atoms with Crippen molar-refractivity contribution in [1.82, 2.24) is 0 Å². The molecule has 0 fully saturated rings. The molecule has 2 amide bonds. The summed E-state index contributed by atoms with van der Waals surface area (Å²) in [5.74, 6) is 0.0931. The largest absolute Gasteiger partial charge is 0.326 e. The lowest BCUT2D eigenvalue weighted by atomic mass is 10.1. The van der Waals surface area contributed by atoms with Crippen LogP contribution in [0.2, 0.25) is 5.02 Å². The van der Waals surface area contributed by atoms with Gasteiger partial charge in [-0.1, -0.05) is 25.4 Å². The fourth-order valence-corrected chi connectivity index (χ4v) is 3.21. The van der Waals surface area contributed by atoms with Gasteiger partial charge >= 0.3 is 0 Å². The van der Waals surface area contributed by atoms with Gasteiger partial charge < -0.3 is 10.6 Å². The smallest absolute Gasteiger partial charge is 0.256 e. The number of hydrogen-bond donors (Lipinski definition) is 2. The molecule has 0 atom stereocenters. The minimum atomic E-state index is -0.201. The molecule has 0 aliphatic rings. The summed E-state index contributed by atoms with van der Waals surface area (Å²) < 4.78 is 0.787. The van der Waals surface area contributed by atoms with Gasteiger partial charge in [-0.05, 0) is 71.0 Å². The summed E-state index contributed by atoms with van der Waals surface area (Å²) in [6, 6.07) is 12.2. The zero-order valence-corrected chi connectivity index (χ0v) is 16.3. The number of carbonyl (C=O) groups excluding carboxylic acids is 2. The van der Waals surface area contributed by atoms with E-state index in [1.54, 1.807) is 42.5 Å². The van der Waals surface area contributed by atoms with E-state index in [9.17, 15) is 9.59 Å². The minimum absolute atomic E-state index is 0.0162. The van der Waals surface area contributed by atoms with Crippen LogP contribution in [0.4, 0.5) is 11.4 Å². The number of carbonyl (C=O) groups is 2. The van der Waals surface area contributed by atoms with E-state index in [1.165, 1.54) is 0 Å². The Morgan fingerprint density at radius 1 is 1.04 bits per heavy atom. The van der Waals surface area contributed by atoms with Crippen LogP contribution < -0.4 is 10.6 Å². The summed E-state index contributed by atoms with van der Waals surface area (Å²) in [6.07, 6.45) is 0.480. The molecule has 0 saturated carbocycles. The Morgan fingerprint density at radius 2 is 1.62 bits per heavy atom. The van der Waals surface area contributed by atoms with E-state index in [1.807, 2.05) is 13.8 Å². The van der Waals surface area contributed by atoms with Gasteiger partial charge in [0.05, 0.1) is 5.56 Å². The Hall–Kier alpha value is -1.60. The van der Waals surface area contributed by atoms with Crippen LogP contribution in [0.3, 0.4) is 0 Å². The van der Waals surface area contributed by atoms with Crippen molar-refractivity contribution < 1.29 is 9.59 Å². The topological polar surface area (TPSA) is 58.2 Å². The first-order chi connectivity index (χ1) is 11.3. The highest BCUT2D eigenvalue weighted by atomic mass is 127. The SMILES string of the molecule is CC(C)CC(=O)Nc1ccc(NC(=O)c2ccc(Cl)cc2I)cc1. The predicted octanol–water partition coefficient (Wildman–Crippen LogP) is 5.18. The number of hydrogen-bond acceptors (Lipinski definition) is 2. The van der Waals surface area contributed by atoms with Crippen LogP contribution >= 0.6 is 34.2 Å².